The third-order valence-electron chi connectivity index (χ3n) is 2.22. The quantitative estimate of drug-likeness (QED) is 0.481. The van der Waals surface area contributed by atoms with Crippen molar-refractivity contribution in [1.29, 1.82) is 0 Å². The summed E-state index contributed by atoms with van der Waals surface area (Å²) < 4.78 is 9.37. The number of aliphatic hydroxyl groups excluding tert-OH is 3. The summed E-state index contributed by atoms with van der Waals surface area (Å²) in [7, 11) is 0. The second-order valence-corrected chi connectivity index (χ2v) is 3.72. The Bertz CT molecular complexity index is 266. The summed E-state index contributed by atoms with van der Waals surface area (Å²) in [6, 6.07) is 0. The first-order valence-electron chi connectivity index (χ1n) is 5.80. The molecule has 0 heterocycles. The second kappa shape index (κ2) is 8.84. The highest BCUT2D eigenvalue weighted by atomic mass is 16.6. The van der Waals surface area contributed by atoms with E-state index in [-0.39, 0.29) is 19.4 Å². The molecule has 0 spiro atoms. The lowest BCUT2D eigenvalue weighted by molar-refractivity contribution is -0.171. The topological polar surface area (TPSA) is 113 Å². The van der Waals surface area contributed by atoms with Crippen LogP contribution in [0.25, 0.3) is 0 Å². The van der Waals surface area contributed by atoms with Crippen molar-refractivity contribution >= 4 is 11.9 Å². The van der Waals surface area contributed by atoms with E-state index in [1.165, 1.54) is 0 Å². The summed E-state index contributed by atoms with van der Waals surface area (Å²) >= 11 is 0. The minimum atomic E-state index is -1.27. The molecule has 0 rings (SSSR count). The maximum atomic E-state index is 11.2. The minimum absolute atomic E-state index is 0.186. The van der Waals surface area contributed by atoms with Crippen molar-refractivity contribution in [2.24, 2.45) is 0 Å². The van der Waals surface area contributed by atoms with Crippen molar-refractivity contribution in [2.45, 2.75) is 45.0 Å². The average molecular weight is 264 g/mol. The molecule has 3 atom stereocenters. The number of ether oxygens (including phenoxy) is 2. The Hall–Kier alpha value is -1.18. The van der Waals surface area contributed by atoms with E-state index in [4.69, 9.17) is 14.9 Å². The van der Waals surface area contributed by atoms with Gasteiger partial charge in [-0.2, -0.15) is 0 Å². The van der Waals surface area contributed by atoms with E-state index in [1.54, 1.807) is 13.8 Å². The Kier molecular flexibility index (Phi) is 8.27. The molecule has 18 heavy (non-hydrogen) atoms. The highest BCUT2D eigenvalue weighted by molar-refractivity contribution is 5.75. The number of hydrogen-bond acceptors (Lipinski definition) is 7. The van der Waals surface area contributed by atoms with Gasteiger partial charge >= 0.3 is 11.9 Å². The maximum absolute atomic E-state index is 11.2. The number of rotatable bonds is 8. The molecule has 0 radical (unpaired) electrons. The highest BCUT2D eigenvalue weighted by Gasteiger charge is 2.22. The fraction of sp³-hybridized carbons (Fsp3) is 0.818. The van der Waals surface area contributed by atoms with E-state index >= 15 is 0 Å². The molecule has 0 fully saturated rings. The SMILES string of the molecule is CCC(O)C(=O)OCC(CO)OC(=O)C(O)CC. The van der Waals surface area contributed by atoms with Gasteiger partial charge in [0.05, 0.1) is 6.61 Å². The second-order valence-electron chi connectivity index (χ2n) is 3.72. The van der Waals surface area contributed by atoms with E-state index < -0.39 is 36.9 Å². The van der Waals surface area contributed by atoms with E-state index in [2.05, 4.69) is 4.74 Å². The Morgan fingerprint density at radius 1 is 1.06 bits per heavy atom. The van der Waals surface area contributed by atoms with Gasteiger partial charge in [-0.15, -0.1) is 0 Å². The predicted molar refractivity (Wildman–Crippen MR) is 60.5 cm³/mol. The zero-order chi connectivity index (χ0) is 14.1. The van der Waals surface area contributed by atoms with Crippen molar-refractivity contribution in [3.05, 3.63) is 0 Å². The molecule has 0 saturated carbocycles. The molecule has 106 valence electrons. The summed E-state index contributed by atoms with van der Waals surface area (Å²) in [6.07, 6.45) is -3.16. The Morgan fingerprint density at radius 2 is 1.56 bits per heavy atom. The molecule has 0 aromatic rings. The zero-order valence-electron chi connectivity index (χ0n) is 10.5. The summed E-state index contributed by atoms with van der Waals surface area (Å²) in [6.45, 7) is 2.29. The molecular weight excluding hydrogens is 244 g/mol. The van der Waals surface area contributed by atoms with Crippen LogP contribution < -0.4 is 0 Å². The molecule has 0 aliphatic rings. The number of aliphatic hydroxyl groups is 3. The van der Waals surface area contributed by atoms with Gasteiger partial charge in [0.1, 0.15) is 6.61 Å². The van der Waals surface area contributed by atoms with Gasteiger partial charge < -0.3 is 24.8 Å². The van der Waals surface area contributed by atoms with Crippen molar-refractivity contribution in [2.75, 3.05) is 13.2 Å². The van der Waals surface area contributed by atoms with Gasteiger partial charge in [-0.05, 0) is 12.8 Å². The lowest BCUT2D eigenvalue weighted by Crippen LogP contribution is -2.34. The van der Waals surface area contributed by atoms with Crippen LogP contribution in [0.4, 0.5) is 0 Å². The van der Waals surface area contributed by atoms with Gasteiger partial charge in [-0.1, -0.05) is 13.8 Å². The van der Waals surface area contributed by atoms with Gasteiger partial charge in [0.15, 0.2) is 18.3 Å². The molecule has 0 aromatic carbocycles. The molecular formula is C11H20O7. The van der Waals surface area contributed by atoms with Gasteiger partial charge in [0.2, 0.25) is 0 Å². The van der Waals surface area contributed by atoms with Gasteiger partial charge in [-0.3, -0.25) is 0 Å². The lowest BCUT2D eigenvalue weighted by Gasteiger charge is -2.18. The molecule has 7 nitrogen and oxygen atoms in total. The van der Waals surface area contributed by atoms with Gasteiger partial charge in [0.25, 0.3) is 0 Å². The van der Waals surface area contributed by atoms with E-state index in [1.807, 2.05) is 0 Å². The van der Waals surface area contributed by atoms with Crippen LogP contribution in [0.5, 0.6) is 0 Å². The van der Waals surface area contributed by atoms with Crippen molar-refractivity contribution in [3.63, 3.8) is 0 Å². The van der Waals surface area contributed by atoms with Gasteiger partial charge in [0, 0.05) is 0 Å². The molecule has 0 amide bonds. The largest absolute Gasteiger partial charge is 0.460 e. The number of esters is 2. The van der Waals surface area contributed by atoms with Crippen molar-refractivity contribution < 1.29 is 34.4 Å². The summed E-state index contributed by atoms with van der Waals surface area (Å²) in [5.41, 5.74) is 0. The Balaban J connectivity index is 4.12. The standard InChI is InChI=1S/C11H20O7/c1-3-8(13)10(15)17-6-7(5-12)18-11(16)9(14)4-2/h7-9,12-14H,3-6H2,1-2H3. The maximum Gasteiger partial charge on any atom is 0.335 e. The first-order chi connectivity index (χ1) is 8.46. The first kappa shape index (κ1) is 16.8. The number of carbonyl (C=O) groups is 2. The van der Waals surface area contributed by atoms with Crippen molar-refractivity contribution in [3.8, 4) is 0 Å². The fourth-order valence-corrected chi connectivity index (χ4v) is 0.971. The minimum Gasteiger partial charge on any atom is -0.460 e. The predicted octanol–water partition coefficient (Wildman–Crippen LogP) is -1.02. The smallest absolute Gasteiger partial charge is 0.335 e. The van der Waals surface area contributed by atoms with Crippen LogP contribution in [-0.4, -0.2) is 58.8 Å². The molecule has 0 aliphatic carbocycles. The van der Waals surface area contributed by atoms with Crippen LogP contribution in [0.3, 0.4) is 0 Å². The van der Waals surface area contributed by atoms with Crippen LogP contribution in [0.15, 0.2) is 0 Å². The zero-order valence-corrected chi connectivity index (χ0v) is 10.5. The van der Waals surface area contributed by atoms with Crippen LogP contribution in [0.2, 0.25) is 0 Å². The molecule has 3 unspecified atom stereocenters. The highest BCUT2D eigenvalue weighted by Crippen LogP contribution is 2.01. The van der Waals surface area contributed by atoms with Crippen LogP contribution >= 0.6 is 0 Å². The number of hydrogen-bond donors (Lipinski definition) is 3. The summed E-state index contributed by atoms with van der Waals surface area (Å²) in [5, 5.41) is 27.2. The lowest BCUT2D eigenvalue weighted by atomic mass is 10.3. The van der Waals surface area contributed by atoms with Crippen LogP contribution in [-0.2, 0) is 19.1 Å². The third kappa shape index (κ3) is 5.95. The molecule has 0 saturated heterocycles. The Morgan fingerprint density at radius 3 is 2.00 bits per heavy atom. The molecule has 7 heteroatoms. The third-order valence-corrected chi connectivity index (χ3v) is 2.22. The first-order valence-corrected chi connectivity index (χ1v) is 5.80. The van der Waals surface area contributed by atoms with E-state index in [9.17, 15) is 14.7 Å². The van der Waals surface area contributed by atoms with Crippen molar-refractivity contribution in [1.82, 2.24) is 0 Å². The molecule has 0 aliphatic heterocycles. The van der Waals surface area contributed by atoms with E-state index in [0.717, 1.165) is 0 Å². The molecule has 0 aromatic heterocycles. The average Bonchev–Trinajstić information content (AvgIpc) is 2.40. The normalized spacial score (nSPS) is 15.6. The summed E-state index contributed by atoms with van der Waals surface area (Å²) in [4.78, 5) is 22.3. The molecule has 0 bridgehead atoms. The van der Waals surface area contributed by atoms with Crippen LogP contribution in [0.1, 0.15) is 26.7 Å². The monoisotopic (exact) mass is 264 g/mol. The molecule has 3 N–H and O–H groups in total. The number of carbonyl (C=O) groups excluding carboxylic acids is 2. The Labute approximate surface area is 105 Å². The fourth-order valence-electron chi connectivity index (χ4n) is 0.971. The summed E-state index contributed by atoms with van der Waals surface area (Å²) in [5.74, 6) is -1.73. The van der Waals surface area contributed by atoms with Crippen LogP contribution in [0, 0.1) is 0 Å². The van der Waals surface area contributed by atoms with Gasteiger partial charge in [-0.25, -0.2) is 9.59 Å². The van der Waals surface area contributed by atoms with E-state index in [0.29, 0.717) is 0 Å².